The van der Waals surface area contributed by atoms with Gasteiger partial charge < -0.3 is 13.7 Å². The molecule has 5 nitrogen and oxygen atoms in total. The second-order valence-corrected chi connectivity index (χ2v) is 11.1. The molecule has 4 aromatic carbocycles. The summed E-state index contributed by atoms with van der Waals surface area (Å²) in [5.74, 6) is 1.57. The number of rotatable bonds is 7. The van der Waals surface area contributed by atoms with E-state index in [0.29, 0.717) is 24.7 Å². The first-order valence-electron chi connectivity index (χ1n) is 13.1. The number of nitrogens with zero attached hydrogens (tertiary/aromatic N) is 1. The molecule has 0 radical (unpaired) electrons. The monoisotopic (exact) mass is 543 g/mol. The Morgan fingerprint density at radius 3 is 2.59 bits per heavy atom. The quantitative estimate of drug-likeness (QED) is 0.259. The van der Waals surface area contributed by atoms with Crippen LogP contribution in [0.2, 0.25) is 0 Å². The predicted molar refractivity (Wildman–Crippen MR) is 149 cm³/mol. The smallest absolute Gasteiger partial charge is 0.240 e. The van der Waals surface area contributed by atoms with Gasteiger partial charge in [0.05, 0.1) is 12.0 Å². The van der Waals surface area contributed by atoms with Crippen molar-refractivity contribution < 1.29 is 22.3 Å². The lowest BCUT2D eigenvalue weighted by Crippen LogP contribution is -2.41. The Kier molecular flexibility index (Phi) is 7.11. The van der Waals surface area contributed by atoms with Gasteiger partial charge in [0.15, 0.2) is 11.5 Å². The third-order valence-corrected chi connectivity index (χ3v) is 8.65. The predicted octanol–water partition coefficient (Wildman–Crippen LogP) is 6.73. The fourth-order valence-corrected chi connectivity index (χ4v) is 6.64. The summed E-state index contributed by atoms with van der Waals surface area (Å²) in [5, 5.41) is 0. The molecule has 39 heavy (non-hydrogen) atoms. The Morgan fingerprint density at radius 1 is 0.974 bits per heavy atom. The van der Waals surface area contributed by atoms with E-state index in [1.54, 1.807) is 13.2 Å². The average molecular weight is 544 g/mol. The molecule has 2 aliphatic heterocycles. The van der Waals surface area contributed by atoms with E-state index in [2.05, 4.69) is 48.2 Å². The van der Waals surface area contributed by atoms with Gasteiger partial charge in [-0.25, -0.2) is 8.60 Å². The number of benzene rings is 4. The zero-order valence-corrected chi connectivity index (χ0v) is 22.7. The van der Waals surface area contributed by atoms with Crippen LogP contribution in [0, 0.1) is 5.82 Å². The highest BCUT2D eigenvalue weighted by molar-refractivity contribution is 7.80. The molecule has 0 N–H and O–H groups in total. The van der Waals surface area contributed by atoms with E-state index in [1.165, 1.54) is 29.3 Å². The Hall–Kier alpha value is -3.68. The first-order valence-corrected chi connectivity index (χ1v) is 14.2. The molecule has 0 bridgehead atoms. The molecule has 3 unspecified atom stereocenters. The van der Waals surface area contributed by atoms with Crippen LogP contribution in [0.5, 0.6) is 17.2 Å². The molecule has 0 amide bonds. The molecule has 3 atom stereocenters. The van der Waals surface area contributed by atoms with E-state index in [1.807, 2.05) is 24.3 Å². The highest BCUT2D eigenvalue weighted by Crippen LogP contribution is 2.50. The second kappa shape index (κ2) is 10.8. The van der Waals surface area contributed by atoms with Gasteiger partial charge in [0.2, 0.25) is 11.1 Å². The maximum atomic E-state index is 13.8. The van der Waals surface area contributed by atoms with Crippen LogP contribution < -0.4 is 13.7 Å². The highest BCUT2D eigenvalue weighted by atomic mass is 32.2. The van der Waals surface area contributed by atoms with E-state index in [4.69, 9.17) is 13.7 Å². The lowest BCUT2D eigenvalue weighted by molar-refractivity contribution is 0.137. The van der Waals surface area contributed by atoms with Crippen LogP contribution in [0.1, 0.15) is 46.7 Å². The SMILES string of the molecule is COc1ccc2c(c1OS(=O)c1cccc(F)c1)CN1CCc3cc(OCc4ccccc4)ccc3C1C2C. The first-order chi connectivity index (χ1) is 19.0. The molecular formula is C32H30FNO4S. The molecule has 0 spiro atoms. The van der Waals surface area contributed by atoms with Crippen molar-refractivity contribution in [1.29, 1.82) is 0 Å². The van der Waals surface area contributed by atoms with Gasteiger partial charge in [-0.2, -0.15) is 0 Å². The van der Waals surface area contributed by atoms with Crippen molar-refractivity contribution in [1.82, 2.24) is 4.90 Å². The molecule has 2 aliphatic rings. The van der Waals surface area contributed by atoms with Crippen molar-refractivity contribution in [2.45, 2.75) is 43.4 Å². The van der Waals surface area contributed by atoms with Crippen LogP contribution in [0.3, 0.4) is 0 Å². The van der Waals surface area contributed by atoms with Gasteiger partial charge in [0.1, 0.15) is 18.2 Å². The number of hydrogen-bond donors (Lipinski definition) is 0. The van der Waals surface area contributed by atoms with Gasteiger partial charge in [-0.3, -0.25) is 4.90 Å². The van der Waals surface area contributed by atoms with Gasteiger partial charge in [0, 0.05) is 30.6 Å². The largest absolute Gasteiger partial charge is 0.493 e. The fraction of sp³-hybridized carbons (Fsp3) is 0.250. The summed E-state index contributed by atoms with van der Waals surface area (Å²) in [4.78, 5) is 2.73. The third kappa shape index (κ3) is 5.04. The molecular weight excluding hydrogens is 513 g/mol. The van der Waals surface area contributed by atoms with Gasteiger partial charge in [-0.15, -0.1) is 0 Å². The molecule has 7 heteroatoms. The summed E-state index contributed by atoms with van der Waals surface area (Å²) < 4.78 is 44.5. The van der Waals surface area contributed by atoms with Gasteiger partial charge in [-0.1, -0.05) is 55.5 Å². The molecule has 0 aliphatic carbocycles. The zero-order chi connectivity index (χ0) is 26.9. The minimum Gasteiger partial charge on any atom is -0.493 e. The minimum absolute atomic E-state index is 0.166. The molecule has 0 saturated heterocycles. The summed E-state index contributed by atoms with van der Waals surface area (Å²) >= 11 is -1.88. The maximum Gasteiger partial charge on any atom is 0.240 e. The van der Waals surface area contributed by atoms with Crippen molar-refractivity contribution in [3.8, 4) is 17.2 Å². The molecule has 4 aromatic rings. The van der Waals surface area contributed by atoms with Crippen LogP contribution in [0.15, 0.2) is 89.8 Å². The van der Waals surface area contributed by atoms with Crippen molar-refractivity contribution in [2.24, 2.45) is 0 Å². The number of hydrogen-bond acceptors (Lipinski definition) is 5. The standard InChI is InChI=1S/C32H30FNO4S/c1-21-27-13-14-30(36-2)32(38-39(35)26-10-6-9-24(33)18-26)29(27)19-34-16-15-23-17-25(11-12-28(23)31(21)34)37-20-22-7-4-3-5-8-22/h3-14,17-18,21,31H,15-16,19-20H2,1-2H3. The molecule has 0 aromatic heterocycles. The van der Waals surface area contributed by atoms with Crippen LogP contribution in [0.4, 0.5) is 4.39 Å². The summed E-state index contributed by atoms with van der Waals surface area (Å²) in [6, 6.07) is 26.5. The van der Waals surface area contributed by atoms with Crippen molar-refractivity contribution in [3.63, 3.8) is 0 Å². The second-order valence-electron chi connectivity index (χ2n) is 10.0. The first kappa shape index (κ1) is 25.6. The maximum absolute atomic E-state index is 13.8. The summed E-state index contributed by atoms with van der Waals surface area (Å²) in [6.07, 6.45) is 0.909. The van der Waals surface area contributed by atoms with E-state index in [-0.39, 0.29) is 16.9 Å². The molecule has 6 rings (SSSR count). The molecule has 200 valence electrons. The minimum atomic E-state index is -1.88. The molecule has 0 fully saturated rings. The third-order valence-electron chi connectivity index (χ3n) is 7.70. The van der Waals surface area contributed by atoms with Crippen molar-refractivity contribution >= 4 is 11.1 Å². The lowest BCUT2D eigenvalue weighted by Gasteiger charge is -2.45. The van der Waals surface area contributed by atoms with Crippen LogP contribution in [0.25, 0.3) is 0 Å². The summed E-state index contributed by atoms with van der Waals surface area (Å²) in [7, 11) is 1.57. The Morgan fingerprint density at radius 2 is 1.79 bits per heavy atom. The lowest BCUT2D eigenvalue weighted by atomic mass is 9.77. The van der Waals surface area contributed by atoms with E-state index in [9.17, 15) is 8.60 Å². The average Bonchev–Trinajstić information content (AvgIpc) is 2.96. The number of ether oxygens (including phenoxy) is 2. The molecule has 0 saturated carbocycles. The van der Waals surface area contributed by atoms with E-state index < -0.39 is 16.9 Å². The van der Waals surface area contributed by atoms with Crippen LogP contribution >= 0.6 is 0 Å². The Balaban J connectivity index is 1.28. The summed E-state index contributed by atoms with van der Waals surface area (Å²) in [5.41, 5.74) is 5.88. The van der Waals surface area contributed by atoms with Crippen LogP contribution in [-0.4, -0.2) is 22.8 Å². The highest BCUT2D eigenvalue weighted by Gasteiger charge is 2.39. The summed E-state index contributed by atoms with van der Waals surface area (Å²) in [6.45, 7) is 4.29. The molecule has 2 heterocycles. The van der Waals surface area contributed by atoms with Crippen molar-refractivity contribution in [2.75, 3.05) is 13.7 Å². The van der Waals surface area contributed by atoms with Gasteiger partial charge in [0.25, 0.3) is 0 Å². The zero-order valence-electron chi connectivity index (χ0n) is 21.9. The number of halogens is 1. The van der Waals surface area contributed by atoms with E-state index >= 15 is 0 Å². The topological polar surface area (TPSA) is 48.0 Å². The number of fused-ring (bicyclic) bond motifs is 4. The Labute approximate surface area is 230 Å². The Bertz CT molecular complexity index is 1530. The number of methoxy groups -OCH3 is 1. The normalized spacial score (nSPS) is 18.8. The van der Waals surface area contributed by atoms with Gasteiger partial charge in [-0.05, 0) is 65.1 Å². The van der Waals surface area contributed by atoms with Gasteiger partial charge >= 0.3 is 0 Å². The fourth-order valence-electron chi connectivity index (χ4n) is 5.81. The van der Waals surface area contributed by atoms with Crippen molar-refractivity contribution in [3.05, 3.63) is 119 Å². The van der Waals surface area contributed by atoms with Crippen LogP contribution in [-0.2, 0) is 30.7 Å². The van der Waals surface area contributed by atoms with E-state index in [0.717, 1.165) is 35.4 Å².